The lowest BCUT2D eigenvalue weighted by Gasteiger charge is -2.22. The summed E-state index contributed by atoms with van der Waals surface area (Å²) in [6.45, 7) is 1.68. The average Bonchev–Trinajstić information content (AvgIpc) is 2.85. The number of aliphatic imine (C=N–C) groups is 1. The van der Waals surface area contributed by atoms with Gasteiger partial charge >= 0.3 is 6.09 Å². The Labute approximate surface area is 148 Å². The summed E-state index contributed by atoms with van der Waals surface area (Å²) in [5.74, 6) is 0.919. The molecule has 0 atom stereocenters. The summed E-state index contributed by atoms with van der Waals surface area (Å²) in [4.78, 5) is 21.7. The molecule has 122 valence electrons. The lowest BCUT2D eigenvalue weighted by molar-refractivity contribution is 0.181. The highest BCUT2D eigenvalue weighted by Gasteiger charge is 2.23. The molecule has 1 fully saturated rings. The number of cyclic esters (lactones) is 1. The number of halogens is 1. The zero-order chi connectivity index (χ0) is 15.4. The number of guanidine groups is 1. The molecule has 1 aromatic rings. The SMILES string of the molecule is CN(C)C(=NCc1ccc(N2CCOC2=O)cc1)N(C)C.I. The largest absolute Gasteiger partial charge is 0.447 e. The molecule has 0 unspecified atom stereocenters. The van der Waals surface area contributed by atoms with Crippen LogP contribution in [0.3, 0.4) is 0 Å². The first-order valence-electron chi connectivity index (χ1n) is 6.91. The van der Waals surface area contributed by atoms with E-state index in [1.54, 1.807) is 4.90 Å². The monoisotopic (exact) mass is 418 g/mol. The Hall–Kier alpha value is -1.51. The Balaban J connectivity index is 0.00000242. The number of nitrogens with zero attached hydrogens (tertiary/aromatic N) is 4. The summed E-state index contributed by atoms with van der Waals surface area (Å²) in [6.07, 6.45) is -0.275. The molecule has 1 saturated heterocycles. The number of benzene rings is 1. The van der Waals surface area contributed by atoms with Crippen LogP contribution in [0.4, 0.5) is 10.5 Å². The van der Waals surface area contributed by atoms with Crippen molar-refractivity contribution in [3.63, 3.8) is 0 Å². The van der Waals surface area contributed by atoms with Gasteiger partial charge < -0.3 is 14.5 Å². The maximum absolute atomic E-state index is 11.5. The number of carbonyl (C=O) groups excluding carboxylic acids is 1. The van der Waals surface area contributed by atoms with E-state index in [1.165, 1.54) is 0 Å². The zero-order valence-electron chi connectivity index (χ0n) is 13.4. The van der Waals surface area contributed by atoms with E-state index in [4.69, 9.17) is 4.74 Å². The minimum absolute atomic E-state index is 0. The van der Waals surface area contributed by atoms with E-state index in [1.807, 2.05) is 62.3 Å². The molecule has 22 heavy (non-hydrogen) atoms. The van der Waals surface area contributed by atoms with Gasteiger partial charge in [-0.2, -0.15) is 0 Å². The van der Waals surface area contributed by atoms with Gasteiger partial charge in [0.05, 0.1) is 13.1 Å². The van der Waals surface area contributed by atoms with Crippen LogP contribution in [-0.2, 0) is 11.3 Å². The number of ether oxygens (including phenoxy) is 1. The molecule has 7 heteroatoms. The smallest absolute Gasteiger partial charge is 0.414 e. The molecule has 0 N–H and O–H groups in total. The first kappa shape index (κ1) is 18.5. The van der Waals surface area contributed by atoms with Crippen molar-refractivity contribution in [2.75, 3.05) is 46.2 Å². The lowest BCUT2D eigenvalue weighted by atomic mass is 10.2. The van der Waals surface area contributed by atoms with Crippen molar-refractivity contribution in [3.8, 4) is 0 Å². The molecule has 1 aliphatic rings. The minimum Gasteiger partial charge on any atom is -0.447 e. The molecule has 1 heterocycles. The van der Waals surface area contributed by atoms with Gasteiger partial charge in [0.25, 0.3) is 0 Å². The third-order valence-corrected chi connectivity index (χ3v) is 3.21. The van der Waals surface area contributed by atoms with E-state index in [0.29, 0.717) is 19.7 Å². The third kappa shape index (κ3) is 4.49. The minimum atomic E-state index is -0.275. The second-order valence-corrected chi connectivity index (χ2v) is 5.34. The summed E-state index contributed by atoms with van der Waals surface area (Å²) in [5.41, 5.74) is 1.97. The quantitative estimate of drug-likeness (QED) is 0.429. The van der Waals surface area contributed by atoms with Gasteiger partial charge in [0.2, 0.25) is 0 Å². The fourth-order valence-electron chi connectivity index (χ4n) is 2.25. The molecule has 6 nitrogen and oxygen atoms in total. The second kappa shape index (κ2) is 8.21. The predicted octanol–water partition coefficient (Wildman–Crippen LogP) is 2.24. The molecule has 0 saturated carbocycles. The van der Waals surface area contributed by atoms with Crippen LogP contribution in [-0.4, -0.2) is 63.2 Å². The molecule has 1 aromatic carbocycles. The molecule has 0 aromatic heterocycles. The Morgan fingerprint density at radius 1 is 1.18 bits per heavy atom. The summed E-state index contributed by atoms with van der Waals surface area (Å²) in [6, 6.07) is 7.85. The number of amides is 1. The maximum atomic E-state index is 11.5. The van der Waals surface area contributed by atoms with Crippen molar-refractivity contribution in [1.29, 1.82) is 0 Å². The second-order valence-electron chi connectivity index (χ2n) is 5.34. The number of hydrogen-bond acceptors (Lipinski definition) is 3. The van der Waals surface area contributed by atoms with Crippen LogP contribution in [0.5, 0.6) is 0 Å². The summed E-state index contributed by atoms with van der Waals surface area (Å²) < 4.78 is 4.94. The number of carbonyl (C=O) groups is 1. The van der Waals surface area contributed by atoms with Crippen LogP contribution in [0, 0.1) is 0 Å². The Kier molecular flexibility index (Phi) is 6.92. The molecule has 0 spiro atoms. The van der Waals surface area contributed by atoms with Gasteiger partial charge in [0.1, 0.15) is 6.61 Å². The van der Waals surface area contributed by atoms with Crippen molar-refractivity contribution >= 4 is 41.7 Å². The number of hydrogen-bond donors (Lipinski definition) is 0. The molecule has 0 aliphatic carbocycles. The van der Waals surface area contributed by atoms with Gasteiger partial charge in [0.15, 0.2) is 5.96 Å². The number of anilines is 1. The van der Waals surface area contributed by atoms with Crippen LogP contribution >= 0.6 is 24.0 Å². The van der Waals surface area contributed by atoms with E-state index in [9.17, 15) is 4.79 Å². The fraction of sp³-hybridized carbons (Fsp3) is 0.467. The molecule has 0 radical (unpaired) electrons. The van der Waals surface area contributed by atoms with Gasteiger partial charge in [-0.1, -0.05) is 12.1 Å². The van der Waals surface area contributed by atoms with Crippen LogP contribution in [0.25, 0.3) is 0 Å². The fourth-order valence-corrected chi connectivity index (χ4v) is 2.25. The molecule has 1 amide bonds. The summed E-state index contributed by atoms with van der Waals surface area (Å²) >= 11 is 0. The van der Waals surface area contributed by atoms with E-state index in [2.05, 4.69) is 4.99 Å². The van der Waals surface area contributed by atoms with Crippen molar-refractivity contribution in [1.82, 2.24) is 9.80 Å². The maximum Gasteiger partial charge on any atom is 0.414 e. The van der Waals surface area contributed by atoms with Crippen molar-refractivity contribution < 1.29 is 9.53 Å². The van der Waals surface area contributed by atoms with Crippen LogP contribution in [0.15, 0.2) is 29.3 Å². The van der Waals surface area contributed by atoms with E-state index in [-0.39, 0.29) is 30.1 Å². The zero-order valence-corrected chi connectivity index (χ0v) is 15.8. The Bertz CT molecular complexity index is 519. The Morgan fingerprint density at radius 3 is 2.23 bits per heavy atom. The normalized spacial score (nSPS) is 13.3. The van der Waals surface area contributed by atoms with Gasteiger partial charge in [-0.15, -0.1) is 24.0 Å². The van der Waals surface area contributed by atoms with E-state index in [0.717, 1.165) is 17.2 Å². The van der Waals surface area contributed by atoms with Crippen molar-refractivity contribution in [2.24, 2.45) is 4.99 Å². The average molecular weight is 418 g/mol. The molecule has 2 rings (SSSR count). The van der Waals surface area contributed by atoms with Crippen LogP contribution < -0.4 is 4.90 Å². The molecular weight excluding hydrogens is 395 g/mol. The topological polar surface area (TPSA) is 48.4 Å². The first-order valence-corrected chi connectivity index (χ1v) is 6.91. The van der Waals surface area contributed by atoms with Gasteiger partial charge in [-0.25, -0.2) is 9.79 Å². The highest BCUT2D eigenvalue weighted by molar-refractivity contribution is 14.0. The number of rotatable bonds is 3. The molecular formula is C15H23IN4O2. The first-order chi connectivity index (χ1) is 9.99. The van der Waals surface area contributed by atoms with Gasteiger partial charge in [0, 0.05) is 33.9 Å². The highest BCUT2D eigenvalue weighted by Crippen LogP contribution is 2.19. The highest BCUT2D eigenvalue weighted by atomic mass is 127. The van der Waals surface area contributed by atoms with Crippen molar-refractivity contribution in [3.05, 3.63) is 29.8 Å². The van der Waals surface area contributed by atoms with Crippen molar-refractivity contribution in [2.45, 2.75) is 6.54 Å². The third-order valence-electron chi connectivity index (χ3n) is 3.21. The van der Waals surface area contributed by atoms with Crippen LogP contribution in [0.2, 0.25) is 0 Å². The molecule has 1 aliphatic heterocycles. The van der Waals surface area contributed by atoms with Crippen LogP contribution in [0.1, 0.15) is 5.56 Å². The molecule has 0 bridgehead atoms. The summed E-state index contributed by atoms with van der Waals surface area (Å²) in [5, 5.41) is 0. The summed E-state index contributed by atoms with van der Waals surface area (Å²) in [7, 11) is 7.89. The Morgan fingerprint density at radius 2 is 1.77 bits per heavy atom. The van der Waals surface area contributed by atoms with E-state index >= 15 is 0 Å². The predicted molar refractivity (Wildman–Crippen MR) is 99.1 cm³/mol. The standard InChI is InChI=1S/C15H22N4O2.HI/c1-17(2)14(18(3)4)16-11-12-5-7-13(8-6-12)19-9-10-21-15(19)20;/h5-8H,9-11H2,1-4H3;1H. The van der Waals surface area contributed by atoms with E-state index < -0.39 is 0 Å². The van der Waals surface area contributed by atoms with Gasteiger partial charge in [-0.05, 0) is 17.7 Å². The van der Waals surface area contributed by atoms with Gasteiger partial charge in [-0.3, -0.25) is 4.90 Å². The lowest BCUT2D eigenvalue weighted by Crippen LogP contribution is -2.35.